The molecule has 20 heavy (non-hydrogen) atoms. The number of amides is 1. The molecule has 0 aromatic heterocycles. The van der Waals surface area contributed by atoms with Gasteiger partial charge in [0.05, 0.1) is 6.04 Å². The molecule has 0 spiro atoms. The fraction of sp³-hybridized carbons (Fsp3) is 0.235. The maximum atomic E-state index is 12.4. The highest BCUT2D eigenvalue weighted by Crippen LogP contribution is 2.23. The Bertz CT molecular complexity index is 637. The molecule has 0 bridgehead atoms. The van der Waals surface area contributed by atoms with Crippen molar-refractivity contribution in [2.45, 2.75) is 26.8 Å². The van der Waals surface area contributed by atoms with Gasteiger partial charge >= 0.3 is 0 Å². The second kappa shape index (κ2) is 6.10. The molecule has 2 aromatic rings. The van der Waals surface area contributed by atoms with Gasteiger partial charge in [-0.05, 0) is 49.6 Å². The van der Waals surface area contributed by atoms with Crippen LogP contribution in [0.2, 0.25) is 5.02 Å². The van der Waals surface area contributed by atoms with Gasteiger partial charge in [-0.2, -0.15) is 0 Å². The summed E-state index contributed by atoms with van der Waals surface area (Å²) in [6.07, 6.45) is 0. The topological polar surface area (TPSA) is 29.1 Å². The van der Waals surface area contributed by atoms with Crippen LogP contribution >= 0.6 is 11.6 Å². The first-order chi connectivity index (χ1) is 9.50. The highest BCUT2D eigenvalue weighted by Gasteiger charge is 2.15. The number of hydrogen-bond donors (Lipinski definition) is 1. The van der Waals surface area contributed by atoms with E-state index in [1.54, 1.807) is 0 Å². The molecule has 0 saturated carbocycles. The molecule has 0 heterocycles. The fourth-order valence-corrected chi connectivity index (χ4v) is 2.47. The Kier molecular flexibility index (Phi) is 4.46. The van der Waals surface area contributed by atoms with Crippen molar-refractivity contribution < 1.29 is 4.79 Å². The van der Waals surface area contributed by atoms with Gasteiger partial charge in [0.15, 0.2) is 0 Å². The van der Waals surface area contributed by atoms with Gasteiger partial charge in [0.2, 0.25) is 0 Å². The lowest BCUT2D eigenvalue weighted by Crippen LogP contribution is -2.27. The van der Waals surface area contributed by atoms with E-state index in [9.17, 15) is 4.79 Å². The SMILES string of the molecule is Cc1cccc(C(=O)NC(C)c2ccccc2Cl)c1C. The number of hydrogen-bond acceptors (Lipinski definition) is 1. The summed E-state index contributed by atoms with van der Waals surface area (Å²) in [7, 11) is 0. The van der Waals surface area contributed by atoms with Gasteiger partial charge in [0.25, 0.3) is 5.91 Å². The molecule has 0 fully saturated rings. The molecule has 0 aliphatic heterocycles. The van der Waals surface area contributed by atoms with Gasteiger partial charge in [-0.3, -0.25) is 4.79 Å². The Hall–Kier alpha value is -1.80. The monoisotopic (exact) mass is 287 g/mol. The molecule has 1 atom stereocenters. The number of benzene rings is 2. The second-order valence-corrected chi connectivity index (χ2v) is 5.37. The molecule has 1 unspecified atom stereocenters. The normalized spacial score (nSPS) is 12.0. The van der Waals surface area contributed by atoms with E-state index in [0.29, 0.717) is 10.6 Å². The quantitative estimate of drug-likeness (QED) is 0.888. The molecule has 0 radical (unpaired) electrons. The first-order valence-electron chi connectivity index (χ1n) is 6.62. The Labute approximate surface area is 124 Å². The standard InChI is InChI=1S/C17H18ClNO/c1-11-7-6-9-14(12(11)2)17(20)19-13(3)15-8-4-5-10-16(15)18/h4-10,13H,1-3H3,(H,19,20). The van der Waals surface area contributed by atoms with E-state index in [-0.39, 0.29) is 11.9 Å². The van der Waals surface area contributed by atoms with Crippen LogP contribution in [0.4, 0.5) is 0 Å². The minimum Gasteiger partial charge on any atom is -0.345 e. The van der Waals surface area contributed by atoms with E-state index < -0.39 is 0 Å². The van der Waals surface area contributed by atoms with Gasteiger partial charge in [0, 0.05) is 10.6 Å². The number of aryl methyl sites for hydroxylation is 1. The zero-order valence-electron chi connectivity index (χ0n) is 11.9. The first-order valence-corrected chi connectivity index (χ1v) is 7.00. The predicted octanol–water partition coefficient (Wildman–Crippen LogP) is 4.45. The van der Waals surface area contributed by atoms with Crippen molar-refractivity contribution in [3.8, 4) is 0 Å². The molecule has 104 valence electrons. The van der Waals surface area contributed by atoms with Gasteiger partial charge in [-0.25, -0.2) is 0 Å². The minimum atomic E-state index is -0.129. The summed E-state index contributed by atoms with van der Waals surface area (Å²) in [5.41, 5.74) is 3.76. The van der Waals surface area contributed by atoms with Crippen LogP contribution in [0.15, 0.2) is 42.5 Å². The zero-order valence-corrected chi connectivity index (χ0v) is 12.7. The Morgan fingerprint density at radius 1 is 1.10 bits per heavy atom. The number of carbonyl (C=O) groups excluding carboxylic acids is 1. The van der Waals surface area contributed by atoms with E-state index >= 15 is 0 Å². The number of halogens is 1. The molecule has 0 saturated heterocycles. The van der Waals surface area contributed by atoms with Gasteiger partial charge in [-0.15, -0.1) is 0 Å². The summed E-state index contributed by atoms with van der Waals surface area (Å²) in [6, 6.07) is 13.2. The summed E-state index contributed by atoms with van der Waals surface area (Å²) in [5.74, 6) is -0.0707. The van der Waals surface area contributed by atoms with Crippen LogP contribution in [0.5, 0.6) is 0 Å². The molecule has 2 nitrogen and oxygen atoms in total. The Morgan fingerprint density at radius 3 is 2.50 bits per heavy atom. The van der Waals surface area contributed by atoms with Crippen LogP contribution in [0, 0.1) is 13.8 Å². The third-order valence-corrected chi connectivity index (χ3v) is 3.91. The summed E-state index contributed by atoms with van der Waals surface area (Å²) in [4.78, 5) is 12.4. The van der Waals surface area contributed by atoms with Crippen molar-refractivity contribution in [1.29, 1.82) is 0 Å². The average molecular weight is 288 g/mol. The summed E-state index contributed by atoms with van der Waals surface area (Å²) < 4.78 is 0. The number of carbonyl (C=O) groups is 1. The van der Waals surface area contributed by atoms with Crippen LogP contribution in [0.3, 0.4) is 0 Å². The number of rotatable bonds is 3. The maximum Gasteiger partial charge on any atom is 0.252 e. The van der Waals surface area contributed by atoms with E-state index in [4.69, 9.17) is 11.6 Å². The van der Waals surface area contributed by atoms with Crippen LogP contribution < -0.4 is 5.32 Å². The van der Waals surface area contributed by atoms with Crippen molar-refractivity contribution in [3.05, 3.63) is 69.7 Å². The highest BCUT2D eigenvalue weighted by molar-refractivity contribution is 6.31. The molecule has 1 N–H and O–H groups in total. The van der Waals surface area contributed by atoms with Crippen LogP contribution in [-0.2, 0) is 0 Å². The van der Waals surface area contributed by atoms with Crippen molar-refractivity contribution in [3.63, 3.8) is 0 Å². The van der Waals surface area contributed by atoms with E-state index in [0.717, 1.165) is 16.7 Å². The average Bonchev–Trinajstić information content (AvgIpc) is 2.42. The highest BCUT2D eigenvalue weighted by atomic mass is 35.5. The van der Waals surface area contributed by atoms with Crippen LogP contribution in [0.25, 0.3) is 0 Å². The third-order valence-electron chi connectivity index (χ3n) is 3.57. The first kappa shape index (κ1) is 14.6. The minimum absolute atomic E-state index is 0.0707. The molecule has 0 aliphatic rings. The van der Waals surface area contributed by atoms with Crippen LogP contribution in [-0.4, -0.2) is 5.91 Å². The van der Waals surface area contributed by atoms with Crippen molar-refractivity contribution in [2.75, 3.05) is 0 Å². The van der Waals surface area contributed by atoms with Gasteiger partial charge in [-0.1, -0.05) is 41.9 Å². The zero-order chi connectivity index (χ0) is 14.7. The molecular formula is C17H18ClNO. The molecule has 2 aromatic carbocycles. The molecular weight excluding hydrogens is 270 g/mol. The lowest BCUT2D eigenvalue weighted by Gasteiger charge is -2.17. The van der Waals surface area contributed by atoms with Crippen molar-refractivity contribution in [2.24, 2.45) is 0 Å². The molecule has 1 amide bonds. The lowest BCUT2D eigenvalue weighted by molar-refractivity contribution is 0.0939. The molecule has 3 heteroatoms. The molecule has 2 rings (SSSR count). The lowest BCUT2D eigenvalue weighted by atomic mass is 10.0. The van der Waals surface area contributed by atoms with Crippen molar-refractivity contribution in [1.82, 2.24) is 5.32 Å². The Balaban J connectivity index is 2.20. The van der Waals surface area contributed by atoms with E-state index in [1.165, 1.54) is 0 Å². The second-order valence-electron chi connectivity index (χ2n) is 4.96. The maximum absolute atomic E-state index is 12.4. The van der Waals surface area contributed by atoms with Gasteiger partial charge < -0.3 is 5.32 Å². The van der Waals surface area contributed by atoms with Crippen LogP contribution in [0.1, 0.15) is 40.0 Å². The fourth-order valence-electron chi connectivity index (χ4n) is 2.18. The summed E-state index contributed by atoms with van der Waals surface area (Å²) in [6.45, 7) is 5.90. The Morgan fingerprint density at radius 2 is 1.80 bits per heavy atom. The smallest absolute Gasteiger partial charge is 0.252 e. The van der Waals surface area contributed by atoms with E-state index in [1.807, 2.05) is 63.2 Å². The summed E-state index contributed by atoms with van der Waals surface area (Å²) in [5, 5.41) is 3.67. The molecule has 0 aliphatic carbocycles. The largest absolute Gasteiger partial charge is 0.345 e. The predicted molar refractivity (Wildman–Crippen MR) is 83.2 cm³/mol. The van der Waals surface area contributed by atoms with E-state index in [2.05, 4.69) is 5.32 Å². The third kappa shape index (κ3) is 3.02. The summed E-state index contributed by atoms with van der Waals surface area (Å²) >= 11 is 6.15. The van der Waals surface area contributed by atoms with Gasteiger partial charge in [0.1, 0.15) is 0 Å². The van der Waals surface area contributed by atoms with Crippen molar-refractivity contribution >= 4 is 17.5 Å². The number of nitrogens with one attached hydrogen (secondary N) is 1.